The largest absolute Gasteiger partial charge is 0.369 e. The van der Waals surface area contributed by atoms with Gasteiger partial charge in [0.2, 0.25) is 0 Å². The van der Waals surface area contributed by atoms with Crippen LogP contribution in [0.4, 0.5) is 5.82 Å². The lowest BCUT2D eigenvalue weighted by atomic mass is 10.1. The Morgan fingerprint density at radius 2 is 1.95 bits per heavy atom. The Morgan fingerprint density at radius 1 is 1.16 bits per heavy atom. The summed E-state index contributed by atoms with van der Waals surface area (Å²) in [5.41, 5.74) is 4.12. The number of aryl methyl sites for hydroxylation is 2. The fourth-order valence-corrected chi connectivity index (χ4v) is 2.19. The highest BCUT2D eigenvalue weighted by molar-refractivity contribution is 5.65. The van der Waals surface area contributed by atoms with Gasteiger partial charge in [0.25, 0.3) is 0 Å². The summed E-state index contributed by atoms with van der Waals surface area (Å²) in [5, 5.41) is 16.3. The number of anilines is 1. The first-order chi connectivity index (χ1) is 9.17. The molecule has 0 radical (unpaired) electrons. The minimum atomic E-state index is 0.823. The topological polar surface area (TPSA) is 55.6 Å². The molecule has 0 bridgehead atoms. The summed E-state index contributed by atoms with van der Waals surface area (Å²) in [6.07, 6.45) is 1.07. The Hall–Kier alpha value is -1.91. The molecule has 5 nitrogen and oxygen atoms in total. The lowest BCUT2D eigenvalue weighted by Gasteiger charge is -2.05. The van der Waals surface area contributed by atoms with Gasteiger partial charge in [-0.05, 0) is 39.3 Å². The van der Waals surface area contributed by atoms with Gasteiger partial charge in [-0.15, -0.1) is 10.2 Å². The number of nitrogens with one attached hydrogen (secondary N) is 1. The predicted molar refractivity (Wildman–Crippen MR) is 77.2 cm³/mol. The SMILES string of the molecule is CCCNc1ccc(-c2c(C)nn(CC)c2C)nn1. The van der Waals surface area contributed by atoms with Gasteiger partial charge in [0.15, 0.2) is 0 Å². The molecule has 0 atom stereocenters. The standard InChI is InChI=1S/C14H21N5/c1-5-9-15-13-8-7-12(16-17-13)14-10(3)18-19(6-2)11(14)4/h7-8H,5-6,9H2,1-4H3,(H,15,17). The predicted octanol–water partition coefficient (Wildman–Crippen LogP) is 2.80. The molecule has 102 valence electrons. The number of hydrogen-bond acceptors (Lipinski definition) is 4. The molecule has 5 heteroatoms. The Labute approximate surface area is 114 Å². The smallest absolute Gasteiger partial charge is 0.148 e. The van der Waals surface area contributed by atoms with Crippen molar-refractivity contribution in [1.82, 2.24) is 20.0 Å². The van der Waals surface area contributed by atoms with Crippen LogP contribution in [0, 0.1) is 13.8 Å². The Bertz CT molecular complexity index is 542. The van der Waals surface area contributed by atoms with E-state index in [1.54, 1.807) is 0 Å². The highest BCUT2D eigenvalue weighted by Gasteiger charge is 2.14. The first-order valence-corrected chi connectivity index (χ1v) is 6.79. The van der Waals surface area contributed by atoms with E-state index in [0.29, 0.717) is 0 Å². The quantitative estimate of drug-likeness (QED) is 0.897. The van der Waals surface area contributed by atoms with Gasteiger partial charge in [-0.2, -0.15) is 5.10 Å². The third kappa shape index (κ3) is 2.75. The van der Waals surface area contributed by atoms with Gasteiger partial charge in [-0.3, -0.25) is 4.68 Å². The van der Waals surface area contributed by atoms with E-state index in [-0.39, 0.29) is 0 Å². The zero-order valence-corrected chi connectivity index (χ0v) is 12.1. The molecule has 1 N–H and O–H groups in total. The van der Waals surface area contributed by atoms with Crippen molar-refractivity contribution in [3.8, 4) is 11.3 Å². The summed E-state index contributed by atoms with van der Waals surface area (Å²) >= 11 is 0. The average Bonchev–Trinajstić information content (AvgIpc) is 2.72. The highest BCUT2D eigenvalue weighted by Crippen LogP contribution is 2.25. The molecule has 0 aliphatic carbocycles. The van der Waals surface area contributed by atoms with Crippen LogP contribution in [0.15, 0.2) is 12.1 Å². The van der Waals surface area contributed by atoms with E-state index in [4.69, 9.17) is 0 Å². The molecular formula is C14H21N5. The summed E-state index contributed by atoms with van der Waals surface area (Å²) in [4.78, 5) is 0. The van der Waals surface area contributed by atoms with Crippen molar-refractivity contribution in [2.24, 2.45) is 0 Å². The molecule has 2 aromatic heterocycles. The van der Waals surface area contributed by atoms with Crippen LogP contribution in [0.5, 0.6) is 0 Å². The first-order valence-electron chi connectivity index (χ1n) is 6.79. The van der Waals surface area contributed by atoms with Crippen LogP contribution in [0.3, 0.4) is 0 Å². The number of rotatable bonds is 5. The van der Waals surface area contributed by atoms with E-state index in [0.717, 1.165) is 48.0 Å². The number of aromatic nitrogens is 4. The van der Waals surface area contributed by atoms with E-state index in [9.17, 15) is 0 Å². The molecule has 19 heavy (non-hydrogen) atoms. The third-order valence-corrected chi connectivity index (χ3v) is 3.16. The van der Waals surface area contributed by atoms with E-state index < -0.39 is 0 Å². The van der Waals surface area contributed by atoms with Crippen LogP contribution < -0.4 is 5.32 Å². The normalized spacial score (nSPS) is 10.7. The molecule has 0 fully saturated rings. The Balaban J connectivity index is 2.29. The second kappa shape index (κ2) is 5.82. The minimum absolute atomic E-state index is 0.823. The van der Waals surface area contributed by atoms with Crippen molar-refractivity contribution in [3.63, 3.8) is 0 Å². The second-order valence-corrected chi connectivity index (χ2v) is 4.59. The van der Waals surface area contributed by atoms with Crippen LogP contribution in [-0.2, 0) is 6.54 Å². The number of hydrogen-bond donors (Lipinski definition) is 1. The lowest BCUT2D eigenvalue weighted by molar-refractivity contribution is 0.634. The fraction of sp³-hybridized carbons (Fsp3) is 0.500. The Kier molecular flexibility index (Phi) is 4.14. The maximum Gasteiger partial charge on any atom is 0.148 e. The molecule has 0 saturated carbocycles. The van der Waals surface area contributed by atoms with Gasteiger partial charge in [0.05, 0.1) is 11.4 Å². The highest BCUT2D eigenvalue weighted by atomic mass is 15.3. The zero-order chi connectivity index (χ0) is 13.8. The van der Waals surface area contributed by atoms with Gasteiger partial charge in [-0.25, -0.2) is 0 Å². The molecule has 2 rings (SSSR count). The van der Waals surface area contributed by atoms with Crippen molar-refractivity contribution < 1.29 is 0 Å². The molecule has 2 aromatic rings. The first kappa shape index (κ1) is 13.5. The van der Waals surface area contributed by atoms with Crippen LogP contribution >= 0.6 is 0 Å². The fourth-order valence-electron chi connectivity index (χ4n) is 2.19. The van der Waals surface area contributed by atoms with E-state index >= 15 is 0 Å². The maximum absolute atomic E-state index is 4.51. The van der Waals surface area contributed by atoms with Crippen molar-refractivity contribution in [2.75, 3.05) is 11.9 Å². The monoisotopic (exact) mass is 259 g/mol. The summed E-state index contributed by atoms with van der Waals surface area (Å²) in [5.74, 6) is 0.823. The van der Waals surface area contributed by atoms with Crippen LogP contribution in [-0.4, -0.2) is 26.5 Å². The van der Waals surface area contributed by atoms with E-state index in [1.165, 1.54) is 0 Å². The molecule has 2 heterocycles. The Morgan fingerprint density at radius 3 is 2.47 bits per heavy atom. The molecule has 0 aliphatic rings. The van der Waals surface area contributed by atoms with E-state index in [1.807, 2.05) is 23.7 Å². The van der Waals surface area contributed by atoms with Gasteiger partial charge in [0.1, 0.15) is 5.82 Å². The van der Waals surface area contributed by atoms with Crippen LogP contribution in [0.1, 0.15) is 31.7 Å². The van der Waals surface area contributed by atoms with Crippen molar-refractivity contribution in [3.05, 3.63) is 23.5 Å². The summed E-state index contributed by atoms with van der Waals surface area (Å²) in [6.45, 7) is 10.1. The zero-order valence-electron chi connectivity index (χ0n) is 12.1. The summed E-state index contributed by atoms with van der Waals surface area (Å²) in [7, 11) is 0. The molecule has 0 spiro atoms. The molecule has 0 amide bonds. The second-order valence-electron chi connectivity index (χ2n) is 4.59. The molecule has 0 saturated heterocycles. The molecule has 0 aromatic carbocycles. The van der Waals surface area contributed by atoms with Crippen LogP contribution in [0.25, 0.3) is 11.3 Å². The van der Waals surface area contributed by atoms with Crippen LogP contribution in [0.2, 0.25) is 0 Å². The number of nitrogens with zero attached hydrogens (tertiary/aromatic N) is 4. The lowest BCUT2D eigenvalue weighted by Crippen LogP contribution is -2.03. The van der Waals surface area contributed by atoms with E-state index in [2.05, 4.69) is 41.4 Å². The summed E-state index contributed by atoms with van der Waals surface area (Å²) in [6, 6.07) is 3.97. The third-order valence-electron chi connectivity index (χ3n) is 3.16. The molecule has 0 aliphatic heterocycles. The molecular weight excluding hydrogens is 238 g/mol. The average molecular weight is 259 g/mol. The summed E-state index contributed by atoms with van der Waals surface area (Å²) < 4.78 is 2.00. The minimum Gasteiger partial charge on any atom is -0.369 e. The maximum atomic E-state index is 4.51. The van der Waals surface area contributed by atoms with Gasteiger partial charge >= 0.3 is 0 Å². The van der Waals surface area contributed by atoms with Crippen molar-refractivity contribution >= 4 is 5.82 Å². The molecule has 0 unspecified atom stereocenters. The van der Waals surface area contributed by atoms with Crippen molar-refractivity contribution in [1.29, 1.82) is 0 Å². The van der Waals surface area contributed by atoms with Crippen molar-refractivity contribution in [2.45, 2.75) is 40.7 Å². The van der Waals surface area contributed by atoms with Gasteiger partial charge in [-0.1, -0.05) is 6.92 Å². The van der Waals surface area contributed by atoms with Gasteiger partial charge in [0, 0.05) is 24.3 Å². The van der Waals surface area contributed by atoms with Gasteiger partial charge < -0.3 is 5.32 Å².